The van der Waals surface area contributed by atoms with Crippen molar-refractivity contribution in [2.45, 2.75) is 19.3 Å². The van der Waals surface area contributed by atoms with Crippen molar-refractivity contribution in [2.24, 2.45) is 0 Å². The SMILES string of the molecule is CC1(C)c2ccccc2-c2cc3c(cc21)c1ccccc1n3-c1ccncn1. The van der Waals surface area contributed by atoms with Crippen molar-refractivity contribution in [3.05, 3.63) is 90.4 Å². The molecule has 0 spiro atoms. The summed E-state index contributed by atoms with van der Waals surface area (Å²) in [5, 5.41) is 2.53. The summed E-state index contributed by atoms with van der Waals surface area (Å²) >= 11 is 0. The number of benzene rings is 3. The standard InChI is InChI=1S/C25H19N3/c1-25(2)20-9-5-3-7-16(20)18-14-23-19(13-21(18)25)17-8-4-6-10-22(17)28(23)24-11-12-26-15-27-24/h3-15H,1-2H3. The van der Waals surface area contributed by atoms with Gasteiger partial charge < -0.3 is 0 Å². The Balaban J connectivity index is 1.80. The van der Waals surface area contributed by atoms with Gasteiger partial charge in [-0.3, -0.25) is 4.57 Å². The Hall–Kier alpha value is -3.46. The van der Waals surface area contributed by atoms with Gasteiger partial charge >= 0.3 is 0 Å². The van der Waals surface area contributed by atoms with Crippen molar-refractivity contribution in [3.8, 4) is 16.9 Å². The molecule has 134 valence electrons. The molecule has 0 fully saturated rings. The normalized spacial score (nSPS) is 14.4. The third kappa shape index (κ3) is 1.88. The number of para-hydroxylation sites is 1. The molecule has 0 radical (unpaired) electrons. The van der Waals surface area contributed by atoms with Crippen LogP contribution < -0.4 is 0 Å². The minimum Gasteiger partial charge on any atom is -0.294 e. The molecule has 1 aliphatic rings. The van der Waals surface area contributed by atoms with E-state index in [2.05, 4.69) is 89.0 Å². The fourth-order valence-corrected chi connectivity index (χ4v) is 4.83. The highest BCUT2D eigenvalue weighted by atomic mass is 15.1. The van der Waals surface area contributed by atoms with E-state index in [1.165, 1.54) is 44.1 Å². The van der Waals surface area contributed by atoms with Gasteiger partial charge in [-0.05, 0) is 46.5 Å². The summed E-state index contributed by atoms with van der Waals surface area (Å²) in [6.45, 7) is 4.65. The largest absolute Gasteiger partial charge is 0.294 e. The molecule has 0 atom stereocenters. The lowest BCUT2D eigenvalue weighted by Crippen LogP contribution is -2.14. The van der Waals surface area contributed by atoms with Crippen LogP contribution in [0.25, 0.3) is 38.8 Å². The molecule has 0 N–H and O–H groups in total. The highest BCUT2D eigenvalue weighted by molar-refractivity contribution is 6.11. The molecule has 0 unspecified atom stereocenters. The molecule has 3 aromatic carbocycles. The molecule has 0 aliphatic heterocycles. The van der Waals surface area contributed by atoms with Crippen LogP contribution in [0.15, 0.2) is 79.3 Å². The third-order valence-corrected chi connectivity index (χ3v) is 6.17. The molecule has 0 saturated heterocycles. The number of aromatic nitrogens is 3. The number of rotatable bonds is 1. The lowest BCUT2D eigenvalue weighted by molar-refractivity contribution is 0.661. The van der Waals surface area contributed by atoms with E-state index in [-0.39, 0.29) is 5.41 Å². The Bertz CT molecular complexity index is 1380. The van der Waals surface area contributed by atoms with Gasteiger partial charge in [0.15, 0.2) is 0 Å². The number of hydrogen-bond donors (Lipinski definition) is 0. The lowest BCUT2D eigenvalue weighted by atomic mass is 9.82. The monoisotopic (exact) mass is 361 g/mol. The average Bonchev–Trinajstić information content (AvgIpc) is 3.17. The van der Waals surface area contributed by atoms with Crippen LogP contribution in [0.3, 0.4) is 0 Å². The summed E-state index contributed by atoms with van der Waals surface area (Å²) in [7, 11) is 0. The number of fused-ring (bicyclic) bond motifs is 6. The van der Waals surface area contributed by atoms with E-state index in [0.717, 1.165) is 5.82 Å². The molecule has 2 heterocycles. The van der Waals surface area contributed by atoms with Crippen molar-refractivity contribution in [1.29, 1.82) is 0 Å². The van der Waals surface area contributed by atoms with E-state index in [1.807, 2.05) is 6.07 Å². The smallest absolute Gasteiger partial charge is 0.140 e. The van der Waals surface area contributed by atoms with Crippen molar-refractivity contribution < 1.29 is 0 Å². The van der Waals surface area contributed by atoms with Gasteiger partial charge in [0.25, 0.3) is 0 Å². The Labute approximate surface area is 163 Å². The first-order valence-electron chi connectivity index (χ1n) is 9.60. The van der Waals surface area contributed by atoms with Gasteiger partial charge in [-0.1, -0.05) is 56.3 Å². The van der Waals surface area contributed by atoms with Gasteiger partial charge in [0, 0.05) is 22.4 Å². The summed E-state index contributed by atoms with van der Waals surface area (Å²) in [4.78, 5) is 8.64. The second-order valence-corrected chi connectivity index (χ2v) is 8.01. The van der Waals surface area contributed by atoms with Crippen molar-refractivity contribution in [2.75, 3.05) is 0 Å². The van der Waals surface area contributed by atoms with Crippen LogP contribution in [0.1, 0.15) is 25.0 Å². The molecule has 28 heavy (non-hydrogen) atoms. The Kier molecular flexibility index (Phi) is 2.95. The maximum Gasteiger partial charge on any atom is 0.140 e. The maximum absolute atomic E-state index is 4.54. The van der Waals surface area contributed by atoms with Gasteiger partial charge in [-0.2, -0.15) is 0 Å². The number of nitrogens with zero attached hydrogens (tertiary/aromatic N) is 3. The quantitative estimate of drug-likeness (QED) is 0.373. The van der Waals surface area contributed by atoms with Crippen LogP contribution in [0.2, 0.25) is 0 Å². The third-order valence-electron chi connectivity index (χ3n) is 6.17. The zero-order valence-electron chi connectivity index (χ0n) is 15.8. The van der Waals surface area contributed by atoms with Crippen molar-refractivity contribution in [1.82, 2.24) is 14.5 Å². The second kappa shape index (κ2) is 5.29. The molecule has 3 heteroatoms. The maximum atomic E-state index is 4.54. The first-order valence-corrected chi connectivity index (χ1v) is 9.60. The van der Waals surface area contributed by atoms with E-state index in [9.17, 15) is 0 Å². The van der Waals surface area contributed by atoms with Crippen molar-refractivity contribution >= 4 is 21.8 Å². The Morgan fingerprint density at radius 1 is 0.750 bits per heavy atom. The van der Waals surface area contributed by atoms with Crippen LogP contribution in [0, 0.1) is 0 Å². The van der Waals surface area contributed by atoms with Crippen molar-refractivity contribution in [3.63, 3.8) is 0 Å². The number of hydrogen-bond acceptors (Lipinski definition) is 2. The van der Waals surface area contributed by atoms with Crippen LogP contribution in [-0.4, -0.2) is 14.5 Å². The lowest BCUT2D eigenvalue weighted by Gasteiger charge is -2.21. The summed E-state index contributed by atoms with van der Waals surface area (Å²) in [6.07, 6.45) is 3.41. The summed E-state index contributed by atoms with van der Waals surface area (Å²) < 4.78 is 2.25. The zero-order valence-corrected chi connectivity index (χ0v) is 15.8. The average molecular weight is 361 g/mol. The minimum absolute atomic E-state index is 0.00175. The molecular formula is C25H19N3. The van der Waals surface area contributed by atoms with E-state index in [1.54, 1.807) is 12.5 Å². The fourth-order valence-electron chi connectivity index (χ4n) is 4.83. The zero-order chi connectivity index (χ0) is 18.9. The summed E-state index contributed by atoms with van der Waals surface area (Å²) in [6, 6.07) is 24.1. The van der Waals surface area contributed by atoms with Gasteiger partial charge in [0.2, 0.25) is 0 Å². The highest BCUT2D eigenvalue weighted by Crippen LogP contribution is 2.50. The highest BCUT2D eigenvalue weighted by Gasteiger charge is 2.36. The second-order valence-electron chi connectivity index (χ2n) is 8.01. The predicted octanol–water partition coefficient (Wildman–Crippen LogP) is 5.88. The fraction of sp³-hybridized carbons (Fsp3) is 0.120. The molecule has 1 aliphatic carbocycles. The molecule has 0 amide bonds. The van der Waals surface area contributed by atoms with E-state index >= 15 is 0 Å². The predicted molar refractivity (Wildman–Crippen MR) is 114 cm³/mol. The summed E-state index contributed by atoms with van der Waals surface area (Å²) in [5.41, 5.74) is 7.81. The van der Waals surface area contributed by atoms with Gasteiger partial charge in [-0.15, -0.1) is 0 Å². The van der Waals surface area contributed by atoms with Gasteiger partial charge in [0.05, 0.1) is 11.0 Å². The van der Waals surface area contributed by atoms with Crippen LogP contribution in [-0.2, 0) is 5.41 Å². The van der Waals surface area contributed by atoms with Crippen LogP contribution >= 0.6 is 0 Å². The van der Waals surface area contributed by atoms with Gasteiger partial charge in [0.1, 0.15) is 12.1 Å². The summed E-state index contributed by atoms with van der Waals surface area (Å²) in [5.74, 6) is 0.895. The minimum atomic E-state index is -0.00175. The molecule has 0 saturated carbocycles. The molecule has 0 bridgehead atoms. The molecular weight excluding hydrogens is 342 g/mol. The first kappa shape index (κ1) is 15.6. The van der Waals surface area contributed by atoms with Crippen LogP contribution in [0.4, 0.5) is 0 Å². The molecule has 2 aromatic heterocycles. The molecule has 6 rings (SSSR count). The Morgan fingerprint density at radius 3 is 2.43 bits per heavy atom. The van der Waals surface area contributed by atoms with E-state index < -0.39 is 0 Å². The van der Waals surface area contributed by atoms with Gasteiger partial charge in [-0.25, -0.2) is 9.97 Å². The van der Waals surface area contributed by atoms with E-state index in [4.69, 9.17) is 0 Å². The topological polar surface area (TPSA) is 30.7 Å². The van der Waals surface area contributed by atoms with Crippen LogP contribution in [0.5, 0.6) is 0 Å². The Morgan fingerprint density at radius 2 is 1.57 bits per heavy atom. The van der Waals surface area contributed by atoms with E-state index in [0.29, 0.717) is 0 Å². The molecule has 3 nitrogen and oxygen atoms in total. The molecule has 5 aromatic rings. The first-order chi connectivity index (χ1) is 13.7.